The van der Waals surface area contributed by atoms with Gasteiger partial charge in [-0.1, -0.05) is 69.1 Å². The van der Waals surface area contributed by atoms with Crippen molar-refractivity contribution in [1.82, 2.24) is 10.2 Å². The molecule has 2 amide bonds. The van der Waals surface area contributed by atoms with Crippen molar-refractivity contribution < 1.29 is 14.0 Å². The molecule has 0 bridgehead atoms. The van der Waals surface area contributed by atoms with Crippen molar-refractivity contribution in [3.05, 3.63) is 63.4 Å². The van der Waals surface area contributed by atoms with Crippen LogP contribution in [-0.2, 0) is 15.0 Å². The molecule has 182 valence electrons. The van der Waals surface area contributed by atoms with Gasteiger partial charge in [0.25, 0.3) is 0 Å². The first-order chi connectivity index (χ1) is 16.0. The molecule has 2 N–H and O–H groups in total. The first-order valence-electron chi connectivity index (χ1n) is 11.5. The van der Waals surface area contributed by atoms with Gasteiger partial charge in [-0.25, -0.2) is 4.39 Å². The Hall–Kier alpha value is -2.15. The van der Waals surface area contributed by atoms with Crippen LogP contribution in [0.3, 0.4) is 0 Å². The van der Waals surface area contributed by atoms with Crippen LogP contribution >= 0.6 is 23.2 Å². The maximum absolute atomic E-state index is 15.7. The summed E-state index contributed by atoms with van der Waals surface area (Å²) in [4.78, 5) is 29.6. The first-order valence-corrected chi connectivity index (χ1v) is 12.3. The van der Waals surface area contributed by atoms with E-state index in [2.05, 4.69) is 36.3 Å². The molecule has 0 aliphatic carbocycles. The molecule has 4 atom stereocenters. The van der Waals surface area contributed by atoms with Gasteiger partial charge in [-0.15, -0.1) is 0 Å². The SMILES string of the molecule is CCN1[C@@H](CC(C)(C)C)[C@@]2(C(=O)Nc3cc(Cl)ccc32)[C@@H](c2cccc(Cl)c2F)[C@@H]1C(=O)NC. The molecule has 2 heterocycles. The lowest BCUT2D eigenvalue weighted by Crippen LogP contribution is -2.51. The summed E-state index contributed by atoms with van der Waals surface area (Å²) in [6, 6.07) is 8.92. The molecule has 2 aromatic carbocycles. The van der Waals surface area contributed by atoms with Crippen molar-refractivity contribution in [3.8, 4) is 0 Å². The predicted molar refractivity (Wildman–Crippen MR) is 134 cm³/mol. The zero-order valence-corrected chi connectivity index (χ0v) is 21.5. The number of halogens is 3. The van der Waals surface area contributed by atoms with E-state index >= 15 is 4.39 Å². The second-order valence-corrected chi connectivity index (χ2v) is 11.1. The van der Waals surface area contributed by atoms with Gasteiger partial charge in [0.1, 0.15) is 11.2 Å². The van der Waals surface area contributed by atoms with Gasteiger partial charge in [0.2, 0.25) is 11.8 Å². The number of nitrogens with one attached hydrogen (secondary N) is 2. The van der Waals surface area contributed by atoms with Crippen LogP contribution in [0.4, 0.5) is 10.1 Å². The van der Waals surface area contributed by atoms with Crippen LogP contribution in [-0.4, -0.2) is 42.4 Å². The van der Waals surface area contributed by atoms with E-state index in [1.165, 1.54) is 6.07 Å². The van der Waals surface area contributed by atoms with E-state index in [0.29, 0.717) is 23.7 Å². The fourth-order valence-electron chi connectivity index (χ4n) is 5.97. The Morgan fingerprint density at radius 3 is 2.56 bits per heavy atom. The summed E-state index contributed by atoms with van der Waals surface area (Å²) in [5.74, 6) is -1.93. The molecule has 2 aliphatic heterocycles. The van der Waals surface area contributed by atoms with Crippen LogP contribution in [0, 0.1) is 11.2 Å². The molecule has 1 spiro atoms. The first kappa shape index (κ1) is 25.0. The van der Waals surface area contributed by atoms with Crippen molar-refractivity contribution in [3.63, 3.8) is 0 Å². The van der Waals surface area contributed by atoms with Crippen molar-refractivity contribution in [2.45, 2.75) is 57.5 Å². The Bertz CT molecular complexity index is 1150. The molecule has 2 aromatic rings. The maximum Gasteiger partial charge on any atom is 0.237 e. The minimum atomic E-state index is -1.22. The molecule has 0 saturated carbocycles. The lowest BCUT2D eigenvalue weighted by atomic mass is 9.62. The van der Waals surface area contributed by atoms with Crippen LogP contribution in [0.25, 0.3) is 0 Å². The fourth-order valence-corrected chi connectivity index (χ4v) is 6.33. The van der Waals surface area contributed by atoms with Crippen LogP contribution in [0.1, 0.15) is 51.2 Å². The summed E-state index contributed by atoms with van der Waals surface area (Å²) in [5, 5.41) is 6.21. The lowest BCUT2D eigenvalue weighted by molar-refractivity contribution is -0.125. The summed E-state index contributed by atoms with van der Waals surface area (Å²) in [6.07, 6.45) is 0.614. The number of fused-ring (bicyclic) bond motifs is 2. The number of rotatable bonds is 4. The third kappa shape index (κ3) is 3.71. The Morgan fingerprint density at radius 2 is 1.94 bits per heavy atom. The molecule has 1 saturated heterocycles. The Kier molecular flexibility index (Phi) is 6.47. The molecule has 34 heavy (non-hydrogen) atoms. The summed E-state index contributed by atoms with van der Waals surface area (Å²) < 4.78 is 15.7. The molecule has 1 fully saturated rings. The Balaban J connectivity index is 2.11. The van der Waals surface area contributed by atoms with E-state index in [1.54, 1.807) is 31.3 Å². The van der Waals surface area contributed by atoms with E-state index in [-0.39, 0.29) is 33.9 Å². The molecule has 2 aliphatic rings. The number of hydrogen-bond donors (Lipinski definition) is 2. The van der Waals surface area contributed by atoms with Gasteiger partial charge in [-0.05, 0) is 47.7 Å². The Labute approximate surface area is 210 Å². The summed E-state index contributed by atoms with van der Waals surface area (Å²) >= 11 is 12.5. The van der Waals surface area contributed by atoms with Crippen molar-refractivity contribution in [2.75, 3.05) is 18.9 Å². The summed E-state index contributed by atoms with van der Waals surface area (Å²) in [6.45, 7) is 8.78. The molecular weight excluding hydrogens is 476 g/mol. The number of carbonyl (C=O) groups is 2. The van der Waals surface area contributed by atoms with Gasteiger partial charge < -0.3 is 10.6 Å². The number of nitrogens with zero attached hydrogens (tertiary/aromatic N) is 1. The Morgan fingerprint density at radius 1 is 1.24 bits per heavy atom. The van der Waals surface area contributed by atoms with Crippen molar-refractivity contribution in [1.29, 1.82) is 0 Å². The zero-order valence-electron chi connectivity index (χ0n) is 20.0. The van der Waals surface area contributed by atoms with Gasteiger partial charge in [-0.3, -0.25) is 14.5 Å². The average Bonchev–Trinajstić information content (AvgIpc) is 3.20. The second kappa shape index (κ2) is 8.81. The van der Waals surface area contributed by atoms with Gasteiger partial charge in [0.05, 0.1) is 11.1 Å². The predicted octanol–water partition coefficient (Wildman–Crippen LogP) is 5.36. The highest BCUT2D eigenvalue weighted by atomic mass is 35.5. The van der Waals surface area contributed by atoms with Gasteiger partial charge >= 0.3 is 0 Å². The molecule has 0 unspecified atom stereocenters. The maximum atomic E-state index is 15.7. The molecular formula is C26H30Cl2FN3O2. The molecule has 0 radical (unpaired) electrons. The molecule has 0 aromatic heterocycles. The highest BCUT2D eigenvalue weighted by molar-refractivity contribution is 6.31. The van der Waals surface area contributed by atoms with Gasteiger partial charge in [0, 0.05) is 29.7 Å². The van der Waals surface area contributed by atoms with Crippen LogP contribution < -0.4 is 10.6 Å². The van der Waals surface area contributed by atoms with E-state index in [4.69, 9.17) is 23.2 Å². The molecule has 5 nitrogen and oxygen atoms in total. The molecule has 8 heteroatoms. The van der Waals surface area contributed by atoms with E-state index in [0.717, 1.165) is 5.56 Å². The number of amides is 2. The minimum Gasteiger partial charge on any atom is -0.358 e. The van der Waals surface area contributed by atoms with Crippen LogP contribution in [0.15, 0.2) is 36.4 Å². The second-order valence-electron chi connectivity index (χ2n) is 10.3. The largest absolute Gasteiger partial charge is 0.358 e. The number of likely N-dealkylation sites (tertiary alicyclic amines) is 1. The highest BCUT2D eigenvalue weighted by Crippen LogP contribution is 2.60. The quantitative estimate of drug-likeness (QED) is 0.587. The zero-order chi connectivity index (χ0) is 25.0. The highest BCUT2D eigenvalue weighted by Gasteiger charge is 2.68. The van der Waals surface area contributed by atoms with Crippen molar-refractivity contribution >= 4 is 40.7 Å². The number of likely N-dealkylation sites (N-methyl/N-ethyl adjacent to an activating group) is 2. The van der Waals surface area contributed by atoms with Crippen LogP contribution in [0.5, 0.6) is 0 Å². The normalized spacial score (nSPS) is 26.6. The van der Waals surface area contributed by atoms with Gasteiger partial charge in [0.15, 0.2) is 0 Å². The monoisotopic (exact) mass is 505 g/mol. The number of hydrogen-bond acceptors (Lipinski definition) is 3. The van der Waals surface area contributed by atoms with Crippen LogP contribution in [0.2, 0.25) is 10.0 Å². The standard InChI is InChI=1S/C26H30Cl2FN3O2/c1-6-32-19(13-25(2,3)4)26(16-11-10-14(27)12-18(16)31-24(26)34)20(22(32)23(33)30-5)15-8-7-9-17(28)21(15)29/h7-12,19-20,22H,6,13H2,1-5H3,(H,30,33)(H,31,34)/t19-,20-,22+,26+/m0/s1. The van der Waals surface area contributed by atoms with Crippen molar-refractivity contribution in [2.24, 2.45) is 5.41 Å². The summed E-state index contributed by atoms with van der Waals surface area (Å²) in [7, 11) is 1.56. The average molecular weight is 506 g/mol. The number of anilines is 1. The lowest BCUT2D eigenvalue weighted by Gasteiger charge is -2.39. The minimum absolute atomic E-state index is 0.0413. The van der Waals surface area contributed by atoms with E-state index in [9.17, 15) is 9.59 Å². The summed E-state index contributed by atoms with van der Waals surface area (Å²) in [5.41, 5.74) is 0.193. The fraction of sp³-hybridized carbons (Fsp3) is 0.462. The van der Waals surface area contributed by atoms with E-state index < -0.39 is 23.2 Å². The molecule has 4 rings (SSSR count). The topological polar surface area (TPSA) is 61.4 Å². The third-order valence-electron chi connectivity index (χ3n) is 7.14. The number of carbonyl (C=O) groups excluding carboxylic acids is 2. The van der Waals surface area contributed by atoms with E-state index in [1.807, 2.05) is 13.0 Å². The number of benzene rings is 2. The third-order valence-corrected chi connectivity index (χ3v) is 7.67. The van der Waals surface area contributed by atoms with Gasteiger partial charge in [-0.2, -0.15) is 0 Å². The smallest absolute Gasteiger partial charge is 0.237 e.